The first-order chi connectivity index (χ1) is 8.16. The number of hydrogen-bond acceptors (Lipinski definition) is 3. The van der Waals surface area contributed by atoms with Gasteiger partial charge in [0, 0.05) is 30.2 Å². The van der Waals surface area contributed by atoms with Crippen LogP contribution in [0.2, 0.25) is 5.02 Å². The SMILES string of the molecule is CN(Cc1cccc(Cl)c1)C(=O)C1CSCN1.Cl. The zero-order chi connectivity index (χ0) is 12.3. The first kappa shape index (κ1) is 15.6. The Morgan fingerprint density at radius 3 is 3.00 bits per heavy atom. The van der Waals surface area contributed by atoms with E-state index < -0.39 is 0 Å². The van der Waals surface area contributed by atoms with Crippen molar-refractivity contribution in [3.63, 3.8) is 0 Å². The van der Waals surface area contributed by atoms with Gasteiger partial charge in [-0.3, -0.25) is 10.1 Å². The smallest absolute Gasteiger partial charge is 0.240 e. The van der Waals surface area contributed by atoms with E-state index in [1.54, 1.807) is 16.7 Å². The van der Waals surface area contributed by atoms with Crippen molar-refractivity contribution in [1.29, 1.82) is 0 Å². The third-order valence-corrected chi connectivity index (χ3v) is 3.87. The lowest BCUT2D eigenvalue weighted by Crippen LogP contribution is -2.42. The predicted octanol–water partition coefficient (Wildman–Crippen LogP) is 2.38. The summed E-state index contributed by atoms with van der Waals surface area (Å²) in [4.78, 5) is 13.8. The van der Waals surface area contributed by atoms with Crippen molar-refractivity contribution < 1.29 is 4.79 Å². The summed E-state index contributed by atoms with van der Waals surface area (Å²) in [6.45, 7) is 0.599. The summed E-state index contributed by atoms with van der Waals surface area (Å²) < 4.78 is 0. The summed E-state index contributed by atoms with van der Waals surface area (Å²) in [5, 5.41) is 3.89. The number of hydrogen-bond donors (Lipinski definition) is 1. The number of amides is 1. The van der Waals surface area contributed by atoms with Crippen molar-refractivity contribution in [2.45, 2.75) is 12.6 Å². The molecule has 1 amide bonds. The van der Waals surface area contributed by atoms with E-state index in [2.05, 4.69) is 5.32 Å². The van der Waals surface area contributed by atoms with Crippen molar-refractivity contribution in [3.8, 4) is 0 Å². The number of likely N-dealkylation sites (N-methyl/N-ethyl adjacent to an activating group) is 1. The van der Waals surface area contributed by atoms with Crippen molar-refractivity contribution in [2.75, 3.05) is 18.7 Å². The molecule has 0 bridgehead atoms. The average molecular weight is 307 g/mol. The van der Waals surface area contributed by atoms with Gasteiger partial charge in [0.25, 0.3) is 0 Å². The minimum atomic E-state index is -0.0378. The van der Waals surface area contributed by atoms with Crippen LogP contribution in [0.25, 0.3) is 0 Å². The molecule has 2 rings (SSSR count). The van der Waals surface area contributed by atoms with Crippen molar-refractivity contribution >= 4 is 41.7 Å². The fourth-order valence-electron chi connectivity index (χ4n) is 1.81. The molecule has 3 nitrogen and oxygen atoms in total. The maximum Gasteiger partial charge on any atom is 0.240 e. The highest BCUT2D eigenvalue weighted by atomic mass is 35.5. The molecule has 1 aromatic carbocycles. The molecule has 1 aliphatic rings. The molecule has 1 aromatic rings. The number of benzene rings is 1. The fraction of sp³-hybridized carbons (Fsp3) is 0.417. The second-order valence-electron chi connectivity index (χ2n) is 4.10. The van der Waals surface area contributed by atoms with Gasteiger partial charge in [-0.15, -0.1) is 24.2 Å². The second-order valence-corrected chi connectivity index (χ2v) is 5.56. The number of rotatable bonds is 3. The summed E-state index contributed by atoms with van der Waals surface area (Å²) in [5.74, 6) is 1.87. The van der Waals surface area contributed by atoms with Crippen LogP contribution in [-0.4, -0.2) is 35.5 Å². The highest BCUT2D eigenvalue weighted by Gasteiger charge is 2.25. The fourth-order valence-corrected chi connectivity index (χ4v) is 2.95. The van der Waals surface area contributed by atoms with Crippen molar-refractivity contribution in [3.05, 3.63) is 34.9 Å². The van der Waals surface area contributed by atoms with Crippen LogP contribution in [0.5, 0.6) is 0 Å². The predicted molar refractivity (Wildman–Crippen MR) is 79.4 cm³/mol. The largest absolute Gasteiger partial charge is 0.340 e. The highest BCUT2D eigenvalue weighted by Crippen LogP contribution is 2.15. The molecule has 0 saturated carbocycles. The van der Waals surface area contributed by atoms with E-state index >= 15 is 0 Å². The van der Waals surface area contributed by atoms with Gasteiger partial charge in [-0.25, -0.2) is 0 Å². The molecule has 0 spiro atoms. The molecule has 1 N–H and O–H groups in total. The zero-order valence-electron chi connectivity index (χ0n) is 10.1. The van der Waals surface area contributed by atoms with Crippen LogP contribution in [0.1, 0.15) is 5.56 Å². The molecule has 1 atom stereocenters. The normalized spacial score (nSPS) is 18.2. The first-order valence-corrected chi connectivity index (χ1v) is 7.00. The van der Waals surface area contributed by atoms with Crippen LogP contribution >= 0.6 is 35.8 Å². The number of nitrogens with one attached hydrogen (secondary N) is 1. The molecule has 1 fully saturated rings. The van der Waals surface area contributed by atoms with Crippen molar-refractivity contribution in [1.82, 2.24) is 10.2 Å². The Morgan fingerprint density at radius 1 is 1.61 bits per heavy atom. The Bertz CT molecular complexity index is 411. The van der Waals surface area contributed by atoms with Gasteiger partial charge in [-0.1, -0.05) is 23.7 Å². The number of thioether (sulfide) groups is 1. The van der Waals surface area contributed by atoms with Gasteiger partial charge in [-0.2, -0.15) is 0 Å². The van der Waals surface area contributed by atoms with Gasteiger partial charge >= 0.3 is 0 Å². The maximum absolute atomic E-state index is 12.1. The van der Waals surface area contributed by atoms with Crippen LogP contribution < -0.4 is 5.32 Å². The Balaban J connectivity index is 0.00000162. The summed E-state index contributed by atoms with van der Waals surface area (Å²) in [5.41, 5.74) is 1.05. The van der Waals surface area contributed by atoms with Gasteiger partial charge in [-0.05, 0) is 17.7 Å². The Morgan fingerprint density at radius 2 is 2.39 bits per heavy atom. The molecule has 1 heterocycles. The minimum absolute atomic E-state index is 0. The Kier molecular flexibility index (Phi) is 6.29. The van der Waals surface area contributed by atoms with E-state index in [-0.39, 0.29) is 24.4 Å². The monoisotopic (exact) mass is 306 g/mol. The van der Waals surface area contributed by atoms with Gasteiger partial charge in [0.15, 0.2) is 0 Å². The molecular formula is C12H16Cl2N2OS. The lowest BCUT2D eigenvalue weighted by Gasteiger charge is -2.20. The van der Waals surface area contributed by atoms with Crippen LogP contribution in [0.15, 0.2) is 24.3 Å². The number of carbonyl (C=O) groups is 1. The molecule has 100 valence electrons. The van der Waals surface area contributed by atoms with E-state index in [0.717, 1.165) is 17.2 Å². The minimum Gasteiger partial charge on any atom is -0.340 e. The standard InChI is InChI=1S/C12H15ClN2OS.ClH/c1-15(12(16)11-7-17-8-14-11)6-9-3-2-4-10(13)5-9;/h2-5,11,14H,6-8H2,1H3;1H. The van der Waals surface area contributed by atoms with E-state index in [9.17, 15) is 4.79 Å². The lowest BCUT2D eigenvalue weighted by molar-refractivity contribution is -0.131. The van der Waals surface area contributed by atoms with E-state index in [1.807, 2.05) is 31.3 Å². The average Bonchev–Trinajstić information content (AvgIpc) is 2.81. The van der Waals surface area contributed by atoms with E-state index in [0.29, 0.717) is 11.6 Å². The second kappa shape index (κ2) is 7.24. The van der Waals surface area contributed by atoms with Gasteiger partial charge < -0.3 is 4.90 Å². The zero-order valence-corrected chi connectivity index (χ0v) is 12.4. The Labute approximate surface area is 123 Å². The third-order valence-electron chi connectivity index (χ3n) is 2.70. The topological polar surface area (TPSA) is 32.3 Å². The van der Waals surface area contributed by atoms with E-state index in [4.69, 9.17) is 11.6 Å². The summed E-state index contributed by atoms with van der Waals surface area (Å²) in [6.07, 6.45) is 0. The molecule has 1 saturated heterocycles. The van der Waals surface area contributed by atoms with Crippen LogP contribution in [0.4, 0.5) is 0 Å². The molecule has 0 aliphatic carbocycles. The number of nitrogens with zero attached hydrogens (tertiary/aromatic N) is 1. The molecule has 6 heteroatoms. The molecule has 0 radical (unpaired) electrons. The number of halogens is 2. The van der Waals surface area contributed by atoms with Crippen LogP contribution in [0.3, 0.4) is 0 Å². The summed E-state index contributed by atoms with van der Waals surface area (Å²) in [6, 6.07) is 7.57. The molecule has 18 heavy (non-hydrogen) atoms. The van der Waals surface area contributed by atoms with Gasteiger partial charge in [0.1, 0.15) is 0 Å². The molecule has 0 aromatic heterocycles. The number of carbonyl (C=O) groups excluding carboxylic acids is 1. The third kappa shape index (κ3) is 4.05. The van der Waals surface area contributed by atoms with Crippen molar-refractivity contribution in [2.24, 2.45) is 0 Å². The lowest BCUT2D eigenvalue weighted by atomic mass is 10.2. The van der Waals surface area contributed by atoms with Crippen LogP contribution in [0, 0.1) is 0 Å². The maximum atomic E-state index is 12.1. The summed E-state index contributed by atoms with van der Waals surface area (Å²) >= 11 is 7.67. The van der Waals surface area contributed by atoms with Gasteiger partial charge in [0.05, 0.1) is 6.04 Å². The molecule has 1 unspecified atom stereocenters. The molecular weight excluding hydrogens is 291 g/mol. The molecule has 1 aliphatic heterocycles. The quantitative estimate of drug-likeness (QED) is 0.930. The first-order valence-electron chi connectivity index (χ1n) is 5.47. The van der Waals surface area contributed by atoms with Crippen LogP contribution in [-0.2, 0) is 11.3 Å². The Hall–Kier alpha value is -0.420. The summed E-state index contributed by atoms with van der Waals surface area (Å²) in [7, 11) is 1.83. The highest BCUT2D eigenvalue weighted by molar-refractivity contribution is 7.99. The van der Waals surface area contributed by atoms with Gasteiger partial charge in [0.2, 0.25) is 5.91 Å². The van der Waals surface area contributed by atoms with E-state index in [1.165, 1.54) is 0 Å².